The van der Waals surface area contributed by atoms with Gasteiger partial charge in [0, 0.05) is 22.4 Å². The van der Waals surface area contributed by atoms with Gasteiger partial charge in [0.25, 0.3) is 0 Å². The molecule has 0 atom stereocenters. The van der Waals surface area contributed by atoms with Crippen LogP contribution in [0, 0.1) is 13.8 Å². The summed E-state index contributed by atoms with van der Waals surface area (Å²) in [5, 5.41) is 0. The summed E-state index contributed by atoms with van der Waals surface area (Å²) in [5.74, 6) is 0. The fourth-order valence-corrected chi connectivity index (χ4v) is 1.90. The Hall–Kier alpha value is -0.280. The molecule has 0 aromatic carbocycles. The summed E-state index contributed by atoms with van der Waals surface area (Å²) in [6.07, 6.45) is 1.04. The van der Waals surface area contributed by atoms with Crippen LogP contribution >= 0.6 is 15.9 Å². The van der Waals surface area contributed by atoms with Crippen molar-refractivity contribution in [2.24, 2.45) is 5.73 Å². The van der Waals surface area contributed by atoms with Crippen molar-refractivity contribution in [3.8, 4) is 0 Å². The number of hydrogen-bond acceptors (Lipinski definition) is 1. The van der Waals surface area contributed by atoms with E-state index in [0.717, 1.165) is 19.5 Å². The maximum absolute atomic E-state index is 5.46. The van der Waals surface area contributed by atoms with Crippen molar-refractivity contribution in [1.29, 1.82) is 0 Å². The average Bonchev–Trinajstić information content (AvgIpc) is 2.25. The van der Waals surface area contributed by atoms with Crippen molar-refractivity contribution in [1.82, 2.24) is 4.57 Å². The van der Waals surface area contributed by atoms with Crippen molar-refractivity contribution in [2.45, 2.75) is 26.8 Å². The van der Waals surface area contributed by atoms with Crippen LogP contribution in [0.1, 0.15) is 17.8 Å². The van der Waals surface area contributed by atoms with Gasteiger partial charge in [0.05, 0.1) is 0 Å². The average molecular weight is 231 g/mol. The van der Waals surface area contributed by atoms with Gasteiger partial charge in [-0.05, 0) is 48.8 Å². The Morgan fingerprint density at radius 2 is 2.17 bits per heavy atom. The van der Waals surface area contributed by atoms with E-state index in [1.165, 1.54) is 15.9 Å². The Bertz CT molecular complexity index is 266. The van der Waals surface area contributed by atoms with Crippen molar-refractivity contribution in [2.75, 3.05) is 6.54 Å². The normalized spacial score (nSPS) is 10.7. The Kier molecular flexibility index (Phi) is 3.35. The lowest BCUT2D eigenvalue weighted by Gasteiger charge is -2.07. The summed E-state index contributed by atoms with van der Waals surface area (Å²) in [7, 11) is 0. The second kappa shape index (κ2) is 4.10. The molecule has 1 aromatic rings. The summed E-state index contributed by atoms with van der Waals surface area (Å²) in [5.41, 5.74) is 8.05. The van der Waals surface area contributed by atoms with E-state index in [9.17, 15) is 0 Å². The summed E-state index contributed by atoms with van der Waals surface area (Å²) in [6.45, 7) is 6.02. The van der Waals surface area contributed by atoms with E-state index in [-0.39, 0.29) is 0 Å². The standard InChI is InChI=1S/C9H15BrN2/c1-7-6-9(10)8(2)12(7)5-3-4-11/h6H,3-5,11H2,1-2H3. The lowest BCUT2D eigenvalue weighted by Crippen LogP contribution is -2.07. The molecule has 0 radical (unpaired) electrons. The van der Waals surface area contributed by atoms with Crippen LogP contribution in [-0.2, 0) is 6.54 Å². The zero-order valence-corrected chi connectivity index (χ0v) is 9.19. The first kappa shape index (κ1) is 9.81. The Morgan fingerprint density at radius 1 is 1.50 bits per heavy atom. The van der Waals surface area contributed by atoms with Crippen LogP contribution in [0.15, 0.2) is 10.5 Å². The summed E-state index contributed by atoms with van der Waals surface area (Å²) >= 11 is 3.51. The summed E-state index contributed by atoms with van der Waals surface area (Å²) in [6, 6.07) is 2.14. The number of hydrogen-bond donors (Lipinski definition) is 1. The van der Waals surface area contributed by atoms with Gasteiger partial charge in [0.2, 0.25) is 0 Å². The molecule has 0 aliphatic heterocycles. The Labute approximate surface area is 81.9 Å². The maximum atomic E-state index is 5.46. The molecule has 1 heterocycles. The van der Waals surface area contributed by atoms with Gasteiger partial charge < -0.3 is 10.3 Å². The Morgan fingerprint density at radius 3 is 2.58 bits per heavy atom. The highest BCUT2D eigenvalue weighted by Gasteiger charge is 2.04. The van der Waals surface area contributed by atoms with E-state index < -0.39 is 0 Å². The highest BCUT2D eigenvalue weighted by Crippen LogP contribution is 2.20. The topological polar surface area (TPSA) is 30.9 Å². The van der Waals surface area contributed by atoms with Gasteiger partial charge in [-0.25, -0.2) is 0 Å². The third-order valence-corrected chi connectivity index (χ3v) is 2.90. The van der Waals surface area contributed by atoms with E-state index in [1.807, 2.05) is 0 Å². The molecular weight excluding hydrogens is 216 g/mol. The van der Waals surface area contributed by atoms with E-state index in [2.05, 4.69) is 40.4 Å². The monoisotopic (exact) mass is 230 g/mol. The highest BCUT2D eigenvalue weighted by molar-refractivity contribution is 9.10. The fraction of sp³-hybridized carbons (Fsp3) is 0.556. The molecule has 0 spiro atoms. The molecule has 0 aliphatic carbocycles. The number of halogens is 1. The van der Waals surface area contributed by atoms with Gasteiger partial charge >= 0.3 is 0 Å². The predicted molar refractivity (Wildman–Crippen MR) is 55.3 cm³/mol. The molecule has 0 fully saturated rings. The Balaban J connectivity index is 2.82. The predicted octanol–water partition coefficient (Wildman–Crippen LogP) is 2.22. The first-order valence-corrected chi connectivity index (χ1v) is 4.98. The summed E-state index contributed by atoms with van der Waals surface area (Å²) < 4.78 is 3.48. The molecule has 0 aliphatic rings. The first-order chi connectivity index (χ1) is 5.66. The van der Waals surface area contributed by atoms with Crippen LogP contribution in [0.25, 0.3) is 0 Å². The minimum Gasteiger partial charge on any atom is -0.348 e. The summed E-state index contributed by atoms with van der Waals surface area (Å²) in [4.78, 5) is 0. The van der Waals surface area contributed by atoms with Crippen LogP contribution < -0.4 is 5.73 Å². The van der Waals surface area contributed by atoms with Gasteiger partial charge in [0.1, 0.15) is 0 Å². The van der Waals surface area contributed by atoms with E-state index >= 15 is 0 Å². The number of rotatable bonds is 3. The van der Waals surface area contributed by atoms with E-state index in [4.69, 9.17) is 5.73 Å². The van der Waals surface area contributed by atoms with E-state index in [0.29, 0.717) is 0 Å². The minimum absolute atomic E-state index is 0.759. The van der Waals surface area contributed by atoms with Crippen molar-refractivity contribution >= 4 is 15.9 Å². The number of nitrogens with two attached hydrogens (primary N) is 1. The third kappa shape index (κ3) is 1.90. The van der Waals surface area contributed by atoms with Crippen LogP contribution in [0.2, 0.25) is 0 Å². The molecule has 0 unspecified atom stereocenters. The van der Waals surface area contributed by atoms with Gasteiger partial charge in [0.15, 0.2) is 0 Å². The zero-order valence-electron chi connectivity index (χ0n) is 7.60. The van der Waals surface area contributed by atoms with Crippen LogP contribution in [0.5, 0.6) is 0 Å². The van der Waals surface area contributed by atoms with Crippen molar-refractivity contribution < 1.29 is 0 Å². The molecule has 0 saturated heterocycles. The number of aromatic nitrogens is 1. The molecular formula is C9H15BrN2. The highest BCUT2D eigenvalue weighted by atomic mass is 79.9. The quantitative estimate of drug-likeness (QED) is 0.849. The molecule has 2 nitrogen and oxygen atoms in total. The lowest BCUT2D eigenvalue weighted by molar-refractivity contribution is 0.625. The molecule has 2 N–H and O–H groups in total. The number of aryl methyl sites for hydroxylation is 1. The number of nitrogens with zero attached hydrogens (tertiary/aromatic N) is 1. The van der Waals surface area contributed by atoms with Crippen molar-refractivity contribution in [3.63, 3.8) is 0 Å². The molecule has 1 rings (SSSR count). The van der Waals surface area contributed by atoms with Gasteiger partial charge in [-0.1, -0.05) is 0 Å². The first-order valence-electron chi connectivity index (χ1n) is 4.19. The fourth-order valence-electron chi connectivity index (χ4n) is 1.35. The molecule has 3 heteroatoms. The van der Waals surface area contributed by atoms with Crippen LogP contribution in [0.3, 0.4) is 0 Å². The third-order valence-electron chi connectivity index (χ3n) is 2.10. The maximum Gasteiger partial charge on any atom is 0.0384 e. The van der Waals surface area contributed by atoms with Crippen LogP contribution in [-0.4, -0.2) is 11.1 Å². The van der Waals surface area contributed by atoms with Gasteiger partial charge in [-0.2, -0.15) is 0 Å². The molecule has 68 valence electrons. The molecule has 1 aromatic heterocycles. The van der Waals surface area contributed by atoms with Gasteiger partial charge in [-0.15, -0.1) is 0 Å². The molecule has 0 bridgehead atoms. The second-order valence-electron chi connectivity index (χ2n) is 3.01. The largest absolute Gasteiger partial charge is 0.348 e. The lowest BCUT2D eigenvalue weighted by atomic mass is 10.4. The van der Waals surface area contributed by atoms with Crippen LogP contribution in [0.4, 0.5) is 0 Å². The molecule has 12 heavy (non-hydrogen) atoms. The molecule has 0 amide bonds. The SMILES string of the molecule is Cc1cc(Br)c(C)n1CCCN. The minimum atomic E-state index is 0.759. The zero-order chi connectivity index (χ0) is 9.14. The van der Waals surface area contributed by atoms with Crippen molar-refractivity contribution in [3.05, 3.63) is 21.9 Å². The smallest absolute Gasteiger partial charge is 0.0384 e. The second-order valence-corrected chi connectivity index (χ2v) is 3.87. The van der Waals surface area contributed by atoms with E-state index in [1.54, 1.807) is 0 Å². The molecule has 0 saturated carbocycles. The van der Waals surface area contributed by atoms with Gasteiger partial charge in [-0.3, -0.25) is 0 Å².